The molecule has 0 unspecified atom stereocenters. The van der Waals surface area contributed by atoms with Crippen molar-refractivity contribution in [1.82, 2.24) is 10.3 Å². The van der Waals surface area contributed by atoms with Crippen LogP contribution < -0.4 is 14.8 Å². The first kappa shape index (κ1) is 15.8. The van der Waals surface area contributed by atoms with Crippen LogP contribution >= 0.6 is 0 Å². The third kappa shape index (κ3) is 4.48. The van der Waals surface area contributed by atoms with Crippen LogP contribution in [0.15, 0.2) is 48.7 Å². The number of methoxy groups -OCH3 is 1. The number of ether oxygens (including phenoxy) is 2. The normalized spacial score (nSPS) is 11.5. The molecule has 0 bridgehead atoms. The van der Waals surface area contributed by atoms with Crippen LogP contribution in [0.2, 0.25) is 0 Å². The Balaban J connectivity index is 1.90. The van der Waals surface area contributed by atoms with Gasteiger partial charge in [0.05, 0.1) is 19.3 Å². The summed E-state index contributed by atoms with van der Waals surface area (Å²) in [6.07, 6.45) is 1.75. The van der Waals surface area contributed by atoms with Gasteiger partial charge in [-0.3, -0.25) is 9.78 Å². The summed E-state index contributed by atoms with van der Waals surface area (Å²) in [4.78, 5) is 16.4. The van der Waals surface area contributed by atoms with Gasteiger partial charge in [0.2, 0.25) is 0 Å². The Morgan fingerprint density at radius 2 is 1.91 bits per heavy atom. The zero-order chi connectivity index (χ0) is 15.8. The predicted octanol–water partition coefficient (Wildman–Crippen LogP) is 2.56. The summed E-state index contributed by atoms with van der Waals surface area (Å²) in [7, 11) is 1.61. The third-order valence-corrected chi connectivity index (χ3v) is 3.17. The smallest absolute Gasteiger partial charge is 0.261 e. The van der Waals surface area contributed by atoms with E-state index in [2.05, 4.69) is 10.3 Å². The zero-order valence-electron chi connectivity index (χ0n) is 12.8. The molecule has 0 radical (unpaired) electrons. The van der Waals surface area contributed by atoms with Gasteiger partial charge in [0.1, 0.15) is 11.5 Å². The highest BCUT2D eigenvalue weighted by Gasteiger charge is 2.18. The molecule has 2 rings (SSSR count). The summed E-state index contributed by atoms with van der Waals surface area (Å²) in [6, 6.07) is 12.8. The number of amides is 1. The average molecular weight is 300 g/mol. The second kappa shape index (κ2) is 8.02. The molecule has 1 atom stereocenters. The minimum Gasteiger partial charge on any atom is -0.497 e. The van der Waals surface area contributed by atoms with Crippen LogP contribution in [0.25, 0.3) is 0 Å². The molecule has 5 heteroatoms. The molecule has 0 saturated heterocycles. The number of benzene rings is 1. The monoisotopic (exact) mass is 300 g/mol. The van der Waals surface area contributed by atoms with Crippen molar-refractivity contribution in [3.8, 4) is 11.5 Å². The predicted molar refractivity (Wildman–Crippen MR) is 83.8 cm³/mol. The van der Waals surface area contributed by atoms with Gasteiger partial charge in [0, 0.05) is 6.20 Å². The number of carbonyl (C=O) groups is 1. The van der Waals surface area contributed by atoms with Crippen molar-refractivity contribution in [1.29, 1.82) is 0 Å². The Morgan fingerprint density at radius 3 is 2.50 bits per heavy atom. The lowest BCUT2D eigenvalue weighted by molar-refractivity contribution is -0.128. The third-order valence-electron chi connectivity index (χ3n) is 3.17. The first-order valence-electron chi connectivity index (χ1n) is 7.21. The van der Waals surface area contributed by atoms with E-state index in [1.165, 1.54) is 0 Å². The molecule has 5 nitrogen and oxygen atoms in total. The second-order valence-electron chi connectivity index (χ2n) is 4.73. The molecule has 0 fully saturated rings. The number of hydrogen-bond acceptors (Lipinski definition) is 4. The number of rotatable bonds is 7. The molecule has 1 heterocycles. The molecular weight excluding hydrogens is 280 g/mol. The fraction of sp³-hybridized carbons (Fsp3) is 0.294. The van der Waals surface area contributed by atoms with Crippen LogP contribution in [-0.2, 0) is 11.3 Å². The maximum Gasteiger partial charge on any atom is 0.261 e. The molecule has 1 amide bonds. The van der Waals surface area contributed by atoms with Crippen molar-refractivity contribution in [2.24, 2.45) is 0 Å². The summed E-state index contributed by atoms with van der Waals surface area (Å²) in [5, 5.41) is 2.84. The minimum absolute atomic E-state index is 0.149. The molecule has 0 aliphatic carbocycles. The lowest BCUT2D eigenvalue weighted by Gasteiger charge is -2.17. The van der Waals surface area contributed by atoms with Gasteiger partial charge >= 0.3 is 0 Å². The molecule has 116 valence electrons. The molecule has 2 aromatic rings. The Bertz CT molecular complexity index is 585. The standard InChI is InChI=1S/C17H20N2O3/c1-3-16(22-15-9-7-14(21-2)8-10-15)17(20)19-12-13-6-4-5-11-18-13/h4-11,16H,3,12H2,1-2H3,(H,19,20)/t16-/m1/s1. The number of aromatic nitrogens is 1. The summed E-state index contributed by atoms with van der Waals surface area (Å²) in [5.74, 6) is 1.24. The van der Waals surface area contributed by atoms with Crippen LogP contribution in [0.3, 0.4) is 0 Å². The molecule has 0 aliphatic heterocycles. The zero-order valence-corrected chi connectivity index (χ0v) is 12.8. The van der Waals surface area contributed by atoms with Gasteiger partial charge < -0.3 is 14.8 Å². The van der Waals surface area contributed by atoms with E-state index in [1.807, 2.05) is 25.1 Å². The Morgan fingerprint density at radius 1 is 1.18 bits per heavy atom. The first-order valence-corrected chi connectivity index (χ1v) is 7.21. The number of nitrogens with one attached hydrogen (secondary N) is 1. The quantitative estimate of drug-likeness (QED) is 0.853. The van der Waals surface area contributed by atoms with E-state index in [0.29, 0.717) is 18.7 Å². The second-order valence-corrected chi connectivity index (χ2v) is 4.73. The number of nitrogens with zero attached hydrogens (tertiary/aromatic N) is 1. The number of hydrogen-bond donors (Lipinski definition) is 1. The molecule has 1 N–H and O–H groups in total. The average Bonchev–Trinajstić information content (AvgIpc) is 2.59. The van der Waals surface area contributed by atoms with Crippen molar-refractivity contribution >= 4 is 5.91 Å². The molecule has 22 heavy (non-hydrogen) atoms. The van der Waals surface area contributed by atoms with Crippen LogP contribution in [0.4, 0.5) is 0 Å². The fourth-order valence-electron chi connectivity index (χ4n) is 1.94. The van der Waals surface area contributed by atoms with Gasteiger partial charge in [-0.15, -0.1) is 0 Å². The van der Waals surface area contributed by atoms with E-state index in [-0.39, 0.29) is 5.91 Å². The summed E-state index contributed by atoms with van der Waals surface area (Å²) in [6.45, 7) is 2.30. The van der Waals surface area contributed by atoms with Crippen LogP contribution in [-0.4, -0.2) is 24.1 Å². The van der Waals surface area contributed by atoms with Crippen LogP contribution in [0, 0.1) is 0 Å². The van der Waals surface area contributed by atoms with Crippen molar-refractivity contribution in [3.05, 3.63) is 54.4 Å². The van der Waals surface area contributed by atoms with Gasteiger partial charge in [-0.2, -0.15) is 0 Å². The minimum atomic E-state index is -0.530. The van der Waals surface area contributed by atoms with Crippen molar-refractivity contribution in [3.63, 3.8) is 0 Å². The molecule has 0 saturated carbocycles. The van der Waals surface area contributed by atoms with E-state index in [0.717, 1.165) is 11.4 Å². The van der Waals surface area contributed by atoms with Gasteiger partial charge in [-0.25, -0.2) is 0 Å². The number of carbonyl (C=O) groups excluding carboxylic acids is 1. The highest BCUT2D eigenvalue weighted by molar-refractivity contribution is 5.81. The van der Waals surface area contributed by atoms with Crippen molar-refractivity contribution in [2.45, 2.75) is 26.0 Å². The lowest BCUT2D eigenvalue weighted by Crippen LogP contribution is -2.37. The molecule has 1 aromatic carbocycles. The Kier molecular flexibility index (Phi) is 5.77. The van der Waals surface area contributed by atoms with Crippen LogP contribution in [0.1, 0.15) is 19.0 Å². The van der Waals surface area contributed by atoms with E-state index in [4.69, 9.17) is 9.47 Å². The number of pyridine rings is 1. The SMILES string of the molecule is CC[C@@H](Oc1ccc(OC)cc1)C(=O)NCc1ccccn1. The fourth-order valence-corrected chi connectivity index (χ4v) is 1.94. The first-order chi connectivity index (χ1) is 10.7. The highest BCUT2D eigenvalue weighted by Crippen LogP contribution is 2.19. The molecule has 0 aliphatic rings. The molecule has 0 spiro atoms. The van der Waals surface area contributed by atoms with Gasteiger partial charge in [0.25, 0.3) is 5.91 Å². The Hall–Kier alpha value is -2.56. The largest absolute Gasteiger partial charge is 0.497 e. The van der Waals surface area contributed by atoms with Gasteiger partial charge in [-0.05, 0) is 42.8 Å². The van der Waals surface area contributed by atoms with Crippen molar-refractivity contribution < 1.29 is 14.3 Å². The topological polar surface area (TPSA) is 60.5 Å². The Labute approximate surface area is 130 Å². The summed E-state index contributed by atoms with van der Waals surface area (Å²) in [5.41, 5.74) is 0.815. The summed E-state index contributed by atoms with van der Waals surface area (Å²) >= 11 is 0. The van der Waals surface area contributed by atoms with Gasteiger partial charge in [-0.1, -0.05) is 13.0 Å². The van der Waals surface area contributed by atoms with Crippen LogP contribution in [0.5, 0.6) is 11.5 Å². The molecule has 1 aromatic heterocycles. The van der Waals surface area contributed by atoms with Gasteiger partial charge in [0.15, 0.2) is 6.10 Å². The van der Waals surface area contributed by atoms with E-state index in [9.17, 15) is 4.79 Å². The maximum absolute atomic E-state index is 12.2. The van der Waals surface area contributed by atoms with E-state index in [1.54, 1.807) is 37.6 Å². The maximum atomic E-state index is 12.2. The lowest BCUT2D eigenvalue weighted by atomic mass is 10.2. The highest BCUT2D eigenvalue weighted by atomic mass is 16.5. The summed E-state index contributed by atoms with van der Waals surface area (Å²) < 4.78 is 10.8. The van der Waals surface area contributed by atoms with Crippen molar-refractivity contribution in [2.75, 3.05) is 7.11 Å². The molecular formula is C17H20N2O3. The van der Waals surface area contributed by atoms with E-state index >= 15 is 0 Å². The van der Waals surface area contributed by atoms with E-state index < -0.39 is 6.10 Å².